The summed E-state index contributed by atoms with van der Waals surface area (Å²) < 4.78 is 10.2. The number of imidazole rings is 1. The number of fused-ring (bicyclic) bond motifs is 4. The van der Waals surface area contributed by atoms with E-state index >= 15 is 0 Å². The predicted molar refractivity (Wildman–Crippen MR) is 135 cm³/mol. The molecule has 6 rings (SSSR count). The molecule has 38 heavy (non-hydrogen) atoms. The maximum atomic E-state index is 13.3. The highest BCUT2D eigenvalue weighted by molar-refractivity contribution is 6.22. The van der Waals surface area contributed by atoms with Crippen molar-refractivity contribution in [3.05, 3.63) is 83.1 Å². The number of amides is 1. The Hall–Kier alpha value is -4.24. The number of carbonyl (C=O) groups is 3. The fourth-order valence-electron chi connectivity index (χ4n) is 6.16. The summed E-state index contributed by atoms with van der Waals surface area (Å²) in [5.41, 5.74) is 4.05. The van der Waals surface area contributed by atoms with Gasteiger partial charge in [-0.1, -0.05) is 31.2 Å². The quantitative estimate of drug-likeness (QED) is 0.289. The number of aliphatic hydroxyl groups excluding tert-OH is 1. The van der Waals surface area contributed by atoms with Gasteiger partial charge < -0.3 is 19.8 Å². The molecule has 9 nitrogen and oxygen atoms in total. The van der Waals surface area contributed by atoms with Crippen molar-refractivity contribution in [2.45, 2.75) is 32.5 Å². The number of aryl methyl sites for hydroxylation is 1. The van der Waals surface area contributed by atoms with Crippen LogP contribution in [-0.4, -0.2) is 56.1 Å². The number of rotatable bonds is 7. The summed E-state index contributed by atoms with van der Waals surface area (Å²) in [4.78, 5) is 39.3. The number of carbonyl (C=O) groups excluding carboxylic acids is 2. The zero-order valence-electron chi connectivity index (χ0n) is 21.3. The molecule has 1 amide bonds. The number of aromatic nitrogens is 2. The standard InChI is InChI=1S/C29H27N3O6/c1-15-21(26(29(36)37)32-25(15)23(16(2)33)28(32)35)13-38-22-6-4-5-19-24(22)18-8-7-17(11-20(18)27(19)34)12-31-10-9-30(3)14-31/h4-11,14-16,23,25,33H,12-13H2,1-3H3/p+1/t15-,16?,23?,25?/m0/s1. The topological polar surface area (TPSA) is 113 Å². The summed E-state index contributed by atoms with van der Waals surface area (Å²) in [6.07, 6.45) is 5.03. The van der Waals surface area contributed by atoms with Crippen molar-refractivity contribution < 1.29 is 33.9 Å². The summed E-state index contributed by atoms with van der Waals surface area (Å²) in [6, 6.07) is 10.7. The molecule has 1 aliphatic carbocycles. The van der Waals surface area contributed by atoms with Gasteiger partial charge in [0.05, 0.1) is 25.1 Å². The Morgan fingerprint density at radius 3 is 2.63 bits per heavy atom. The van der Waals surface area contributed by atoms with E-state index in [1.165, 1.54) is 4.90 Å². The lowest BCUT2D eigenvalue weighted by molar-refractivity contribution is -0.671. The van der Waals surface area contributed by atoms with Gasteiger partial charge in [0, 0.05) is 28.2 Å². The van der Waals surface area contributed by atoms with Crippen LogP contribution in [0.1, 0.15) is 35.3 Å². The van der Waals surface area contributed by atoms with E-state index in [2.05, 4.69) is 0 Å². The van der Waals surface area contributed by atoms with Gasteiger partial charge in [0.25, 0.3) is 0 Å². The predicted octanol–water partition coefficient (Wildman–Crippen LogP) is 2.15. The first-order chi connectivity index (χ1) is 18.2. The van der Waals surface area contributed by atoms with Crippen LogP contribution >= 0.6 is 0 Å². The summed E-state index contributed by atoms with van der Waals surface area (Å²) in [5, 5.41) is 20.0. The van der Waals surface area contributed by atoms with Crippen LogP contribution in [0, 0.1) is 11.8 Å². The fraction of sp³-hybridized carbons (Fsp3) is 0.310. The zero-order chi connectivity index (χ0) is 26.9. The van der Waals surface area contributed by atoms with E-state index in [0.29, 0.717) is 34.6 Å². The number of hydrogen-bond acceptors (Lipinski definition) is 5. The van der Waals surface area contributed by atoms with E-state index in [4.69, 9.17) is 4.74 Å². The summed E-state index contributed by atoms with van der Waals surface area (Å²) in [6.45, 7) is 4.00. The van der Waals surface area contributed by atoms with Gasteiger partial charge in [0.2, 0.25) is 12.2 Å². The number of aliphatic carboxylic acids is 1. The normalized spacial score (nSPS) is 22.2. The first-order valence-corrected chi connectivity index (χ1v) is 12.6. The number of β-lactam (4-membered cyclic amide) rings is 1. The zero-order valence-corrected chi connectivity index (χ0v) is 21.3. The minimum Gasteiger partial charge on any atom is -0.488 e. The van der Waals surface area contributed by atoms with Crippen LogP contribution in [0.5, 0.6) is 5.75 Å². The van der Waals surface area contributed by atoms with Crippen LogP contribution in [0.4, 0.5) is 0 Å². The van der Waals surface area contributed by atoms with Crippen LogP contribution in [0.3, 0.4) is 0 Å². The maximum Gasteiger partial charge on any atom is 0.352 e. The van der Waals surface area contributed by atoms with Gasteiger partial charge in [-0.25, -0.2) is 13.9 Å². The Morgan fingerprint density at radius 2 is 1.95 bits per heavy atom. The van der Waals surface area contributed by atoms with E-state index in [9.17, 15) is 24.6 Å². The third-order valence-electron chi connectivity index (χ3n) is 7.96. The molecule has 1 saturated heterocycles. The Morgan fingerprint density at radius 1 is 1.16 bits per heavy atom. The van der Waals surface area contributed by atoms with Crippen molar-refractivity contribution in [2.24, 2.45) is 18.9 Å². The molecule has 1 aromatic heterocycles. The van der Waals surface area contributed by atoms with Gasteiger partial charge >= 0.3 is 5.97 Å². The van der Waals surface area contributed by atoms with Gasteiger partial charge in [-0.3, -0.25) is 9.59 Å². The SMILES string of the molecule is CC(O)C1C(=O)N2C(C(=O)O)=C(COc3cccc4c3-c3ccc(Cn5cc[n+](C)c5)cc3C4=O)[C@H](C)C12. The highest BCUT2D eigenvalue weighted by Gasteiger charge is 2.59. The molecule has 3 aromatic rings. The highest BCUT2D eigenvalue weighted by atomic mass is 16.5. The van der Waals surface area contributed by atoms with E-state index < -0.39 is 24.0 Å². The molecule has 9 heteroatoms. The lowest BCUT2D eigenvalue weighted by atomic mass is 9.78. The number of carboxylic acids is 1. The van der Waals surface area contributed by atoms with Gasteiger partial charge in [-0.05, 0) is 30.2 Å². The highest BCUT2D eigenvalue weighted by Crippen LogP contribution is 2.48. The second kappa shape index (κ2) is 8.66. The summed E-state index contributed by atoms with van der Waals surface area (Å²) in [5.74, 6) is -2.09. The Balaban J connectivity index is 1.30. The number of ketones is 1. The minimum absolute atomic E-state index is 0.0433. The summed E-state index contributed by atoms with van der Waals surface area (Å²) in [7, 11) is 1.95. The third-order valence-corrected chi connectivity index (χ3v) is 7.96. The van der Waals surface area contributed by atoms with Crippen molar-refractivity contribution in [3.8, 4) is 16.9 Å². The molecule has 3 heterocycles. The Labute approximate surface area is 219 Å². The molecule has 1 fully saturated rings. The van der Waals surface area contributed by atoms with Crippen molar-refractivity contribution in [1.29, 1.82) is 0 Å². The van der Waals surface area contributed by atoms with Crippen molar-refractivity contribution >= 4 is 17.7 Å². The van der Waals surface area contributed by atoms with Gasteiger partial charge in [-0.15, -0.1) is 0 Å². The third kappa shape index (κ3) is 3.49. The molecular formula is C29H28N3O6+. The van der Waals surface area contributed by atoms with Crippen LogP contribution in [0.25, 0.3) is 11.1 Å². The molecule has 0 bridgehead atoms. The van der Waals surface area contributed by atoms with Crippen LogP contribution in [0.15, 0.2) is 66.4 Å². The smallest absolute Gasteiger partial charge is 0.352 e. The number of hydrogen-bond donors (Lipinski definition) is 2. The average molecular weight is 515 g/mol. The maximum absolute atomic E-state index is 13.3. The van der Waals surface area contributed by atoms with E-state index in [1.807, 2.05) is 60.0 Å². The monoisotopic (exact) mass is 514 g/mol. The molecule has 3 unspecified atom stereocenters. The fourth-order valence-corrected chi connectivity index (χ4v) is 6.16. The number of aliphatic hydroxyl groups is 1. The van der Waals surface area contributed by atoms with E-state index in [0.717, 1.165) is 11.1 Å². The second-order valence-electron chi connectivity index (χ2n) is 10.4. The molecule has 2 aromatic carbocycles. The van der Waals surface area contributed by atoms with Crippen molar-refractivity contribution in [2.75, 3.05) is 6.61 Å². The molecule has 0 saturated carbocycles. The van der Waals surface area contributed by atoms with Crippen LogP contribution in [0.2, 0.25) is 0 Å². The number of benzene rings is 2. The lowest BCUT2D eigenvalue weighted by Gasteiger charge is -2.46. The molecule has 2 N–H and O–H groups in total. The summed E-state index contributed by atoms with van der Waals surface area (Å²) >= 11 is 0. The average Bonchev–Trinajstić information content (AvgIpc) is 3.49. The second-order valence-corrected chi connectivity index (χ2v) is 10.4. The molecule has 0 radical (unpaired) electrons. The van der Waals surface area contributed by atoms with Gasteiger partial charge in [-0.2, -0.15) is 0 Å². The minimum atomic E-state index is -1.20. The van der Waals surface area contributed by atoms with Crippen LogP contribution < -0.4 is 9.30 Å². The first-order valence-electron chi connectivity index (χ1n) is 12.6. The molecule has 194 valence electrons. The van der Waals surface area contributed by atoms with Crippen molar-refractivity contribution in [3.63, 3.8) is 0 Å². The molecular weight excluding hydrogens is 486 g/mol. The molecule has 2 aliphatic heterocycles. The van der Waals surface area contributed by atoms with Crippen molar-refractivity contribution in [1.82, 2.24) is 9.47 Å². The molecule has 3 aliphatic rings. The molecule has 4 atom stereocenters. The van der Waals surface area contributed by atoms with Gasteiger partial charge in [0.15, 0.2) is 5.78 Å². The largest absolute Gasteiger partial charge is 0.488 e. The first kappa shape index (κ1) is 24.1. The number of carboxylic acid groups (broad SMARTS) is 1. The van der Waals surface area contributed by atoms with E-state index in [-0.39, 0.29) is 29.9 Å². The number of nitrogens with zero attached hydrogens (tertiary/aromatic N) is 3. The van der Waals surface area contributed by atoms with Crippen LogP contribution in [-0.2, 0) is 23.2 Å². The molecule has 0 spiro atoms. The Kier molecular flexibility index (Phi) is 5.50. The lowest BCUT2D eigenvalue weighted by Crippen LogP contribution is -2.63. The van der Waals surface area contributed by atoms with E-state index in [1.54, 1.807) is 25.1 Å². The Bertz CT molecular complexity index is 1550. The number of ether oxygens (including phenoxy) is 1. The van der Waals surface area contributed by atoms with Gasteiger partial charge in [0.1, 0.15) is 37.0 Å².